The number of methoxy groups -OCH3 is 2. The van der Waals surface area contributed by atoms with Gasteiger partial charge in [0.2, 0.25) is 15.9 Å². The number of hydrogen-bond acceptors (Lipinski definition) is 7. The first-order chi connectivity index (χ1) is 17.2. The van der Waals surface area contributed by atoms with E-state index >= 15 is 0 Å². The first-order valence-corrected chi connectivity index (χ1v) is 12.9. The van der Waals surface area contributed by atoms with Crippen molar-refractivity contribution < 1.29 is 32.3 Å². The van der Waals surface area contributed by atoms with Gasteiger partial charge >= 0.3 is 0 Å². The molecule has 0 bridgehead atoms. The molecule has 3 rings (SSSR count). The van der Waals surface area contributed by atoms with Gasteiger partial charge in [-0.3, -0.25) is 25.2 Å². The molecule has 3 N–H and O–H groups in total. The van der Waals surface area contributed by atoms with Crippen LogP contribution in [-0.2, 0) is 14.8 Å². The average molecular weight is 539 g/mol. The summed E-state index contributed by atoms with van der Waals surface area (Å²) in [5.74, 6) is -0.608. The Bertz CT molecular complexity index is 1250. The predicted molar refractivity (Wildman–Crippen MR) is 132 cm³/mol. The van der Waals surface area contributed by atoms with E-state index in [4.69, 9.17) is 21.1 Å². The summed E-state index contributed by atoms with van der Waals surface area (Å²) in [6.45, 7) is 1.27. The fourth-order valence-electron chi connectivity index (χ4n) is 3.58. The van der Waals surface area contributed by atoms with E-state index in [1.54, 1.807) is 4.90 Å². The lowest BCUT2D eigenvalue weighted by Gasteiger charge is -2.15. The number of carbonyl (C=O) groups excluding carboxylic acids is 3. The summed E-state index contributed by atoms with van der Waals surface area (Å²) >= 11 is 6.10. The molecule has 2 aromatic carbocycles. The minimum atomic E-state index is -3.94. The van der Waals surface area contributed by atoms with Gasteiger partial charge in [-0.05, 0) is 49.2 Å². The molecule has 1 fully saturated rings. The number of carbonyl (C=O) groups is 3. The molecule has 1 saturated heterocycles. The lowest BCUT2D eigenvalue weighted by Crippen LogP contribution is -2.41. The third kappa shape index (κ3) is 6.65. The van der Waals surface area contributed by atoms with E-state index in [1.165, 1.54) is 44.6 Å². The monoisotopic (exact) mass is 538 g/mol. The second kappa shape index (κ2) is 12.1. The van der Waals surface area contributed by atoms with Crippen molar-refractivity contribution in [1.29, 1.82) is 0 Å². The van der Waals surface area contributed by atoms with Crippen LogP contribution in [0.1, 0.15) is 40.0 Å². The highest BCUT2D eigenvalue weighted by Crippen LogP contribution is 2.27. The molecule has 0 spiro atoms. The number of rotatable bonds is 10. The van der Waals surface area contributed by atoms with Crippen molar-refractivity contribution in [2.75, 3.05) is 33.9 Å². The highest BCUT2D eigenvalue weighted by atomic mass is 35.5. The van der Waals surface area contributed by atoms with Gasteiger partial charge in [-0.1, -0.05) is 11.6 Å². The van der Waals surface area contributed by atoms with Crippen LogP contribution in [0.3, 0.4) is 0 Å². The minimum absolute atomic E-state index is 0.000591. The molecule has 0 atom stereocenters. The van der Waals surface area contributed by atoms with Crippen LogP contribution in [0.5, 0.6) is 11.5 Å². The third-order valence-corrected chi connectivity index (χ3v) is 7.28. The number of likely N-dealkylation sites (tertiary alicyclic amines) is 1. The second-order valence-corrected chi connectivity index (χ2v) is 10.0. The van der Waals surface area contributed by atoms with Crippen molar-refractivity contribution >= 4 is 39.3 Å². The molecule has 2 aromatic rings. The van der Waals surface area contributed by atoms with Gasteiger partial charge in [-0.2, -0.15) is 0 Å². The maximum Gasteiger partial charge on any atom is 0.271 e. The summed E-state index contributed by atoms with van der Waals surface area (Å²) in [7, 11) is -1.05. The van der Waals surface area contributed by atoms with Gasteiger partial charge in [0.25, 0.3) is 11.8 Å². The number of hydrogen-bond donors (Lipinski definition) is 3. The van der Waals surface area contributed by atoms with Gasteiger partial charge in [-0.25, -0.2) is 13.1 Å². The van der Waals surface area contributed by atoms with Crippen molar-refractivity contribution in [2.45, 2.75) is 24.2 Å². The molecule has 0 aliphatic carbocycles. The Morgan fingerprint density at radius 3 is 2.42 bits per heavy atom. The highest BCUT2D eigenvalue weighted by Gasteiger charge is 2.21. The van der Waals surface area contributed by atoms with Crippen molar-refractivity contribution in [2.24, 2.45) is 0 Å². The Morgan fingerprint density at radius 1 is 1.03 bits per heavy atom. The maximum atomic E-state index is 12.7. The number of benzene rings is 2. The second-order valence-electron chi connectivity index (χ2n) is 7.86. The molecule has 0 aromatic heterocycles. The Morgan fingerprint density at radius 2 is 1.75 bits per heavy atom. The summed E-state index contributed by atoms with van der Waals surface area (Å²) in [6.07, 6.45) is 1.79. The number of ether oxygens (including phenoxy) is 2. The fraction of sp³-hybridized carbons (Fsp3) is 0.348. The van der Waals surface area contributed by atoms with Gasteiger partial charge in [0.1, 0.15) is 0 Å². The lowest BCUT2D eigenvalue weighted by atomic mass is 10.2. The van der Waals surface area contributed by atoms with Crippen molar-refractivity contribution in [3.05, 3.63) is 52.5 Å². The average Bonchev–Trinajstić information content (AvgIpc) is 3.28. The fourth-order valence-corrected chi connectivity index (χ4v) is 4.88. The van der Waals surface area contributed by atoms with Gasteiger partial charge in [0.15, 0.2) is 11.5 Å². The first-order valence-electron chi connectivity index (χ1n) is 11.1. The van der Waals surface area contributed by atoms with Crippen molar-refractivity contribution in [3.8, 4) is 11.5 Å². The summed E-state index contributed by atoms with van der Waals surface area (Å²) in [4.78, 5) is 38.3. The van der Waals surface area contributed by atoms with Crippen LogP contribution < -0.4 is 25.0 Å². The smallest absolute Gasteiger partial charge is 0.271 e. The standard InChI is InChI=1S/C23H27ClN4O7S/c1-34-19-9-6-15(13-20(19)35-2)22(30)26-27-23(31)17-14-16(7-8-18(17)24)36(32,33)25-10-4-12-28-11-3-5-21(28)29/h6-9,13-14,25H,3-5,10-12H2,1-2H3,(H,26,30)(H,27,31). The van der Waals surface area contributed by atoms with Crippen LogP contribution in [0.2, 0.25) is 5.02 Å². The van der Waals surface area contributed by atoms with E-state index in [-0.39, 0.29) is 33.5 Å². The topological polar surface area (TPSA) is 143 Å². The molecule has 13 heteroatoms. The first kappa shape index (κ1) is 27.2. The van der Waals surface area contributed by atoms with E-state index < -0.39 is 21.8 Å². The van der Waals surface area contributed by atoms with Gasteiger partial charge in [0, 0.05) is 31.6 Å². The number of sulfonamides is 1. The molecule has 3 amide bonds. The van der Waals surface area contributed by atoms with E-state index in [0.717, 1.165) is 12.5 Å². The SMILES string of the molecule is COc1ccc(C(=O)NNC(=O)c2cc(S(=O)(=O)NCCCN3CCCC3=O)ccc2Cl)cc1OC. The Kier molecular flexibility index (Phi) is 9.13. The third-order valence-electron chi connectivity index (χ3n) is 5.50. The minimum Gasteiger partial charge on any atom is -0.493 e. The summed E-state index contributed by atoms with van der Waals surface area (Å²) in [5.41, 5.74) is 4.52. The molecule has 1 heterocycles. The van der Waals surface area contributed by atoms with Crippen LogP contribution in [-0.4, -0.2) is 64.9 Å². The molecule has 194 valence electrons. The van der Waals surface area contributed by atoms with E-state index in [1.807, 2.05) is 0 Å². The van der Waals surface area contributed by atoms with Crippen LogP contribution in [0.15, 0.2) is 41.3 Å². The zero-order valence-electron chi connectivity index (χ0n) is 19.8. The van der Waals surface area contributed by atoms with Crippen LogP contribution >= 0.6 is 11.6 Å². The molecular weight excluding hydrogens is 512 g/mol. The normalized spacial score (nSPS) is 13.4. The summed E-state index contributed by atoms with van der Waals surface area (Å²) < 4.78 is 38.1. The van der Waals surface area contributed by atoms with Gasteiger partial charge in [0.05, 0.1) is 29.7 Å². The van der Waals surface area contributed by atoms with Crippen LogP contribution in [0.25, 0.3) is 0 Å². The molecule has 1 aliphatic rings. The number of amides is 3. The Labute approximate surface area is 214 Å². The number of nitrogens with one attached hydrogen (secondary N) is 3. The molecule has 1 aliphatic heterocycles. The van der Waals surface area contributed by atoms with Gasteiger partial charge < -0.3 is 14.4 Å². The molecule has 0 radical (unpaired) electrons. The van der Waals surface area contributed by atoms with E-state index in [2.05, 4.69) is 15.6 Å². The quantitative estimate of drug-likeness (QED) is 0.309. The molecular formula is C23H27ClN4O7S. The molecule has 0 unspecified atom stereocenters. The highest BCUT2D eigenvalue weighted by molar-refractivity contribution is 7.89. The van der Waals surface area contributed by atoms with E-state index in [0.29, 0.717) is 37.4 Å². The summed E-state index contributed by atoms with van der Waals surface area (Å²) in [6, 6.07) is 8.13. The summed E-state index contributed by atoms with van der Waals surface area (Å²) in [5, 5.41) is -0.000591. The number of halogens is 1. The van der Waals surface area contributed by atoms with Gasteiger partial charge in [-0.15, -0.1) is 0 Å². The van der Waals surface area contributed by atoms with Crippen LogP contribution in [0.4, 0.5) is 0 Å². The zero-order chi connectivity index (χ0) is 26.3. The lowest BCUT2D eigenvalue weighted by molar-refractivity contribution is -0.127. The largest absolute Gasteiger partial charge is 0.493 e. The Balaban J connectivity index is 1.60. The molecule has 0 saturated carbocycles. The predicted octanol–water partition coefficient (Wildman–Crippen LogP) is 1.72. The zero-order valence-corrected chi connectivity index (χ0v) is 21.4. The Hall–Kier alpha value is -3.35. The molecule has 36 heavy (non-hydrogen) atoms. The van der Waals surface area contributed by atoms with Crippen molar-refractivity contribution in [1.82, 2.24) is 20.5 Å². The maximum absolute atomic E-state index is 12.7. The van der Waals surface area contributed by atoms with E-state index in [9.17, 15) is 22.8 Å². The molecule has 11 nitrogen and oxygen atoms in total. The van der Waals surface area contributed by atoms with Crippen molar-refractivity contribution in [3.63, 3.8) is 0 Å². The number of hydrazine groups is 1. The number of nitrogens with zero attached hydrogens (tertiary/aromatic N) is 1. The van der Waals surface area contributed by atoms with Crippen LogP contribution in [0, 0.1) is 0 Å².